The van der Waals surface area contributed by atoms with Crippen LogP contribution in [-0.4, -0.2) is 26.7 Å². The SMILES string of the molecule is CCOC(=O)c1cnc(-c2cn(CC)c(=O)n(Cc3ccccc3)c2=O)s1. The number of benzene rings is 1. The van der Waals surface area contributed by atoms with Gasteiger partial charge in [0.2, 0.25) is 0 Å². The highest BCUT2D eigenvalue weighted by Gasteiger charge is 2.18. The van der Waals surface area contributed by atoms with Crippen LogP contribution in [-0.2, 0) is 17.8 Å². The van der Waals surface area contributed by atoms with Crippen molar-refractivity contribution < 1.29 is 9.53 Å². The molecule has 0 spiro atoms. The molecule has 0 radical (unpaired) electrons. The highest BCUT2D eigenvalue weighted by atomic mass is 32.1. The molecule has 0 saturated carbocycles. The second-order valence-corrected chi connectivity index (χ2v) is 6.77. The number of ether oxygens (including phenoxy) is 1. The van der Waals surface area contributed by atoms with Crippen LogP contribution in [0.4, 0.5) is 0 Å². The molecular weight excluding hydrogens is 366 g/mol. The predicted octanol–water partition coefficient (Wildman–Crippen LogP) is 2.38. The van der Waals surface area contributed by atoms with Gasteiger partial charge >= 0.3 is 11.7 Å². The summed E-state index contributed by atoms with van der Waals surface area (Å²) in [6.07, 6.45) is 2.89. The lowest BCUT2D eigenvalue weighted by atomic mass is 10.2. The van der Waals surface area contributed by atoms with Crippen molar-refractivity contribution in [1.82, 2.24) is 14.1 Å². The van der Waals surface area contributed by atoms with E-state index in [4.69, 9.17) is 4.74 Å². The standard InChI is InChI=1S/C19H19N3O4S/c1-3-21-12-14(16-20-10-15(27-16)18(24)26-4-2)17(23)22(19(21)25)11-13-8-6-5-7-9-13/h5-10,12H,3-4,11H2,1-2H3. The average Bonchev–Trinajstić information content (AvgIpc) is 3.16. The predicted molar refractivity (Wildman–Crippen MR) is 103 cm³/mol. The maximum absolute atomic E-state index is 13.0. The third kappa shape index (κ3) is 3.90. The van der Waals surface area contributed by atoms with Crippen molar-refractivity contribution in [3.8, 4) is 10.6 Å². The van der Waals surface area contributed by atoms with Gasteiger partial charge in [0.1, 0.15) is 9.88 Å². The highest BCUT2D eigenvalue weighted by molar-refractivity contribution is 7.16. The molecule has 0 bridgehead atoms. The Labute approximate surface area is 159 Å². The fourth-order valence-electron chi connectivity index (χ4n) is 2.63. The van der Waals surface area contributed by atoms with Crippen molar-refractivity contribution in [2.75, 3.05) is 6.61 Å². The molecule has 0 unspecified atom stereocenters. The zero-order chi connectivity index (χ0) is 19.4. The van der Waals surface area contributed by atoms with E-state index >= 15 is 0 Å². The molecule has 0 amide bonds. The third-order valence-corrected chi connectivity index (χ3v) is 4.98. The quantitative estimate of drug-likeness (QED) is 0.609. The van der Waals surface area contributed by atoms with Gasteiger partial charge < -0.3 is 4.74 Å². The van der Waals surface area contributed by atoms with Crippen molar-refractivity contribution in [2.24, 2.45) is 0 Å². The molecule has 0 aliphatic carbocycles. The summed E-state index contributed by atoms with van der Waals surface area (Å²) < 4.78 is 7.62. The number of aryl methyl sites for hydroxylation is 1. The summed E-state index contributed by atoms with van der Waals surface area (Å²) in [6, 6.07) is 9.30. The fraction of sp³-hybridized carbons (Fsp3) is 0.263. The minimum Gasteiger partial charge on any atom is -0.462 e. The van der Waals surface area contributed by atoms with Crippen molar-refractivity contribution in [2.45, 2.75) is 26.9 Å². The summed E-state index contributed by atoms with van der Waals surface area (Å²) in [5.41, 5.74) is 0.325. The summed E-state index contributed by atoms with van der Waals surface area (Å²) in [5, 5.41) is 0.382. The topological polar surface area (TPSA) is 83.2 Å². The lowest BCUT2D eigenvalue weighted by Crippen LogP contribution is -2.40. The van der Waals surface area contributed by atoms with Gasteiger partial charge in [-0.05, 0) is 19.4 Å². The van der Waals surface area contributed by atoms with Gasteiger partial charge in [-0.1, -0.05) is 30.3 Å². The zero-order valence-electron chi connectivity index (χ0n) is 15.0. The van der Waals surface area contributed by atoms with E-state index in [1.54, 1.807) is 6.92 Å². The molecule has 1 aromatic carbocycles. The van der Waals surface area contributed by atoms with Crippen LogP contribution in [0.2, 0.25) is 0 Å². The lowest BCUT2D eigenvalue weighted by Gasteiger charge is -2.11. The monoisotopic (exact) mass is 385 g/mol. The van der Waals surface area contributed by atoms with Gasteiger partial charge in [-0.25, -0.2) is 14.6 Å². The molecule has 2 aromatic heterocycles. The first-order valence-electron chi connectivity index (χ1n) is 8.56. The van der Waals surface area contributed by atoms with Crippen molar-refractivity contribution in [3.05, 3.63) is 74.0 Å². The number of hydrogen-bond donors (Lipinski definition) is 0. The van der Waals surface area contributed by atoms with E-state index in [0.29, 0.717) is 16.4 Å². The van der Waals surface area contributed by atoms with E-state index in [0.717, 1.165) is 16.9 Å². The van der Waals surface area contributed by atoms with E-state index in [-0.39, 0.29) is 24.4 Å². The normalized spacial score (nSPS) is 10.7. The van der Waals surface area contributed by atoms with E-state index in [1.807, 2.05) is 37.3 Å². The Bertz CT molecular complexity index is 1070. The van der Waals surface area contributed by atoms with Crippen LogP contribution in [0.3, 0.4) is 0 Å². The number of nitrogens with zero attached hydrogens (tertiary/aromatic N) is 3. The molecule has 0 aliphatic heterocycles. The number of esters is 1. The zero-order valence-corrected chi connectivity index (χ0v) is 15.9. The molecule has 2 heterocycles. The van der Waals surface area contributed by atoms with Crippen molar-refractivity contribution in [3.63, 3.8) is 0 Å². The molecule has 3 aromatic rings. The second kappa shape index (κ2) is 8.13. The number of carbonyl (C=O) groups excluding carboxylic acids is 1. The first-order chi connectivity index (χ1) is 13.0. The minimum atomic E-state index is -0.477. The van der Waals surface area contributed by atoms with Crippen LogP contribution in [0.5, 0.6) is 0 Å². The summed E-state index contributed by atoms with van der Waals surface area (Å²) in [6.45, 7) is 4.39. The minimum absolute atomic E-state index is 0.169. The molecule has 0 fully saturated rings. The van der Waals surface area contributed by atoms with Gasteiger partial charge in [0.25, 0.3) is 5.56 Å². The first kappa shape index (κ1) is 18.8. The largest absolute Gasteiger partial charge is 0.462 e. The summed E-state index contributed by atoms with van der Waals surface area (Å²) in [5.74, 6) is -0.477. The highest BCUT2D eigenvalue weighted by Crippen LogP contribution is 2.22. The Morgan fingerprint density at radius 2 is 1.93 bits per heavy atom. The summed E-state index contributed by atoms with van der Waals surface area (Å²) in [4.78, 5) is 42.0. The van der Waals surface area contributed by atoms with Crippen LogP contribution >= 0.6 is 11.3 Å². The molecule has 140 valence electrons. The molecule has 0 N–H and O–H groups in total. The number of aromatic nitrogens is 3. The number of hydrogen-bond acceptors (Lipinski definition) is 6. The number of thiazole rings is 1. The Balaban J connectivity index is 2.09. The van der Waals surface area contributed by atoms with Gasteiger partial charge in [0.15, 0.2) is 0 Å². The Hall–Kier alpha value is -3.00. The van der Waals surface area contributed by atoms with Crippen LogP contribution < -0.4 is 11.2 Å². The first-order valence-corrected chi connectivity index (χ1v) is 9.38. The van der Waals surface area contributed by atoms with Crippen molar-refractivity contribution >= 4 is 17.3 Å². The molecule has 7 nitrogen and oxygen atoms in total. The molecular formula is C19H19N3O4S. The average molecular weight is 385 g/mol. The third-order valence-electron chi connectivity index (χ3n) is 3.97. The molecule has 27 heavy (non-hydrogen) atoms. The Kier molecular flexibility index (Phi) is 5.66. The van der Waals surface area contributed by atoms with Gasteiger partial charge in [-0.2, -0.15) is 0 Å². The lowest BCUT2D eigenvalue weighted by molar-refractivity contribution is 0.0532. The molecule has 0 aliphatic rings. The second-order valence-electron chi connectivity index (χ2n) is 5.74. The van der Waals surface area contributed by atoms with Gasteiger partial charge in [-0.3, -0.25) is 13.9 Å². The van der Waals surface area contributed by atoms with Crippen molar-refractivity contribution in [1.29, 1.82) is 0 Å². The van der Waals surface area contributed by atoms with Gasteiger partial charge in [0.05, 0.1) is 24.9 Å². The maximum atomic E-state index is 13.0. The molecule has 0 saturated heterocycles. The number of rotatable bonds is 6. The molecule has 8 heteroatoms. The smallest absolute Gasteiger partial charge is 0.349 e. The maximum Gasteiger partial charge on any atom is 0.349 e. The van der Waals surface area contributed by atoms with E-state index in [1.165, 1.54) is 21.5 Å². The van der Waals surface area contributed by atoms with Gasteiger partial charge in [-0.15, -0.1) is 11.3 Å². The van der Waals surface area contributed by atoms with Crippen LogP contribution in [0.1, 0.15) is 29.1 Å². The van der Waals surface area contributed by atoms with Gasteiger partial charge in [0, 0.05) is 12.7 Å². The summed E-state index contributed by atoms with van der Waals surface area (Å²) >= 11 is 1.07. The Morgan fingerprint density at radius 3 is 2.59 bits per heavy atom. The number of carbonyl (C=O) groups is 1. The Morgan fingerprint density at radius 1 is 1.19 bits per heavy atom. The van der Waals surface area contributed by atoms with Crippen LogP contribution in [0.25, 0.3) is 10.6 Å². The van der Waals surface area contributed by atoms with Crippen LogP contribution in [0, 0.1) is 0 Å². The fourth-order valence-corrected chi connectivity index (χ4v) is 3.44. The molecule has 3 rings (SSSR count). The summed E-state index contributed by atoms with van der Waals surface area (Å²) in [7, 11) is 0. The van der Waals surface area contributed by atoms with E-state index < -0.39 is 11.5 Å². The molecule has 0 atom stereocenters. The van der Waals surface area contributed by atoms with E-state index in [2.05, 4.69) is 4.98 Å². The van der Waals surface area contributed by atoms with E-state index in [9.17, 15) is 14.4 Å². The van der Waals surface area contributed by atoms with Crippen LogP contribution in [0.15, 0.2) is 52.3 Å².